The third kappa shape index (κ3) is 3.65. The molecule has 0 saturated heterocycles. The van der Waals surface area contributed by atoms with Crippen LogP contribution in [0.5, 0.6) is 0 Å². The molecule has 1 heterocycles. The number of hydrogen-bond acceptors (Lipinski definition) is 4. The van der Waals surface area contributed by atoms with Gasteiger partial charge in [0.2, 0.25) is 0 Å². The molecule has 98 valence electrons. The minimum absolute atomic E-state index is 0.146. The van der Waals surface area contributed by atoms with Crippen molar-refractivity contribution in [3.05, 3.63) is 48.0 Å². The third-order valence-electron chi connectivity index (χ3n) is 2.85. The monoisotopic (exact) mass is 249 g/mol. The Hall–Kier alpha value is -1.20. The Bertz CT molecular complexity index is 380. The molecule has 3 atom stereocenters. The lowest BCUT2D eigenvalue weighted by Crippen LogP contribution is -2.44. The van der Waals surface area contributed by atoms with E-state index in [9.17, 15) is 0 Å². The maximum atomic E-state index is 5.93. The Labute approximate surface area is 107 Å². The standard InChI is InChI=1S/C14H19NO3/c1-16-14-8-7-12(15)13(18-14)10-17-9-11-5-3-2-4-6-11/h2-8,12-14H,9-10,15H2,1H3/t12-,13+,14-/m0/s1. The number of ether oxygens (including phenoxy) is 3. The number of rotatable bonds is 5. The van der Waals surface area contributed by atoms with Crippen LogP contribution in [-0.2, 0) is 20.8 Å². The van der Waals surface area contributed by atoms with E-state index in [1.165, 1.54) is 0 Å². The van der Waals surface area contributed by atoms with Crippen LogP contribution in [0.2, 0.25) is 0 Å². The predicted octanol–water partition coefficient (Wildman–Crippen LogP) is 1.46. The van der Waals surface area contributed by atoms with Crippen molar-refractivity contribution in [2.75, 3.05) is 13.7 Å². The van der Waals surface area contributed by atoms with Crippen molar-refractivity contribution in [1.82, 2.24) is 0 Å². The van der Waals surface area contributed by atoms with Crippen molar-refractivity contribution < 1.29 is 14.2 Å². The smallest absolute Gasteiger partial charge is 0.177 e. The molecule has 1 aliphatic heterocycles. The molecule has 1 aromatic rings. The topological polar surface area (TPSA) is 53.7 Å². The van der Waals surface area contributed by atoms with Crippen molar-refractivity contribution in [3.8, 4) is 0 Å². The summed E-state index contributed by atoms with van der Waals surface area (Å²) in [6.45, 7) is 1.02. The molecule has 0 bridgehead atoms. The van der Waals surface area contributed by atoms with Gasteiger partial charge >= 0.3 is 0 Å². The molecule has 0 fully saturated rings. The lowest BCUT2D eigenvalue weighted by atomic mass is 10.1. The quantitative estimate of drug-likeness (QED) is 0.803. The maximum absolute atomic E-state index is 5.93. The number of nitrogens with two attached hydrogens (primary N) is 1. The molecule has 1 aliphatic rings. The van der Waals surface area contributed by atoms with Crippen molar-refractivity contribution >= 4 is 0 Å². The second kappa shape index (κ2) is 6.66. The van der Waals surface area contributed by atoms with E-state index in [0.29, 0.717) is 13.2 Å². The van der Waals surface area contributed by atoms with Crippen molar-refractivity contribution in [1.29, 1.82) is 0 Å². The molecular formula is C14H19NO3. The second-order valence-corrected chi connectivity index (χ2v) is 4.24. The summed E-state index contributed by atoms with van der Waals surface area (Å²) >= 11 is 0. The van der Waals surface area contributed by atoms with E-state index >= 15 is 0 Å². The summed E-state index contributed by atoms with van der Waals surface area (Å²) in [6, 6.07) is 9.87. The molecule has 0 unspecified atom stereocenters. The summed E-state index contributed by atoms with van der Waals surface area (Å²) in [5.74, 6) is 0. The molecule has 0 amide bonds. The summed E-state index contributed by atoms with van der Waals surface area (Å²) in [5.41, 5.74) is 7.07. The van der Waals surface area contributed by atoms with Crippen LogP contribution in [0, 0.1) is 0 Å². The first kappa shape index (κ1) is 13.2. The molecule has 1 aromatic carbocycles. The maximum Gasteiger partial charge on any atom is 0.177 e. The molecule has 0 aromatic heterocycles. The summed E-state index contributed by atoms with van der Waals surface area (Å²) in [7, 11) is 1.60. The van der Waals surface area contributed by atoms with Crippen LogP contribution in [0.4, 0.5) is 0 Å². The number of methoxy groups -OCH3 is 1. The second-order valence-electron chi connectivity index (χ2n) is 4.24. The number of hydrogen-bond donors (Lipinski definition) is 1. The van der Waals surface area contributed by atoms with Crippen LogP contribution in [0.15, 0.2) is 42.5 Å². The van der Waals surface area contributed by atoms with Crippen LogP contribution in [-0.4, -0.2) is 32.2 Å². The van der Waals surface area contributed by atoms with Gasteiger partial charge in [-0.3, -0.25) is 0 Å². The van der Waals surface area contributed by atoms with E-state index in [1.807, 2.05) is 42.5 Å². The van der Waals surface area contributed by atoms with Crippen molar-refractivity contribution in [3.63, 3.8) is 0 Å². The third-order valence-corrected chi connectivity index (χ3v) is 2.85. The van der Waals surface area contributed by atoms with Gasteiger partial charge in [-0.1, -0.05) is 36.4 Å². The first-order chi connectivity index (χ1) is 8.79. The molecule has 2 rings (SSSR count). The van der Waals surface area contributed by atoms with Gasteiger partial charge in [0, 0.05) is 7.11 Å². The van der Waals surface area contributed by atoms with E-state index in [1.54, 1.807) is 7.11 Å². The van der Waals surface area contributed by atoms with Gasteiger partial charge in [0.25, 0.3) is 0 Å². The highest BCUT2D eigenvalue weighted by atomic mass is 16.7. The molecule has 4 heteroatoms. The summed E-state index contributed by atoms with van der Waals surface area (Å²) in [4.78, 5) is 0. The Morgan fingerprint density at radius 1 is 1.22 bits per heavy atom. The fraction of sp³-hybridized carbons (Fsp3) is 0.429. The molecule has 0 radical (unpaired) electrons. The van der Waals surface area contributed by atoms with Crippen LogP contribution in [0.1, 0.15) is 5.56 Å². The summed E-state index contributed by atoms with van der Waals surface area (Å²) in [6.07, 6.45) is 3.23. The Kier molecular flexibility index (Phi) is 4.90. The first-order valence-electron chi connectivity index (χ1n) is 6.03. The van der Waals surface area contributed by atoms with Gasteiger partial charge in [-0.05, 0) is 11.6 Å². The highest BCUT2D eigenvalue weighted by Crippen LogP contribution is 2.13. The van der Waals surface area contributed by atoms with Gasteiger partial charge in [-0.2, -0.15) is 0 Å². The van der Waals surface area contributed by atoms with Crippen LogP contribution in [0.25, 0.3) is 0 Å². The van der Waals surface area contributed by atoms with Crippen molar-refractivity contribution in [2.24, 2.45) is 5.73 Å². The fourth-order valence-corrected chi connectivity index (χ4v) is 1.80. The van der Waals surface area contributed by atoms with Gasteiger partial charge in [0.15, 0.2) is 6.29 Å². The summed E-state index contributed by atoms with van der Waals surface area (Å²) in [5, 5.41) is 0. The van der Waals surface area contributed by atoms with Gasteiger partial charge in [0.1, 0.15) is 6.10 Å². The summed E-state index contributed by atoms with van der Waals surface area (Å²) < 4.78 is 16.4. The molecular weight excluding hydrogens is 230 g/mol. The minimum atomic E-state index is -0.324. The van der Waals surface area contributed by atoms with E-state index in [0.717, 1.165) is 5.56 Å². The molecule has 4 nitrogen and oxygen atoms in total. The zero-order valence-electron chi connectivity index (χ0n) is 10.5. The fourth-order valence-electron chi connectivity index (χ4n) is 1.80. The SMILES string of the molecule is CO[C@@H]1C=C[C@H](N)[C@@H](COCc2ccccc2)O1. The zero-order valence-corrected chi connectivity index (χ0v) is 10.5. The average Bonchev–Trinajstić information content (AvgIpc) is 2.42. The highest BCUT2D eigenvalue weighted by Gasteiger charge is 2.24. The Balaban J connectivity index is 1.78. The lowest BCUT2D eigenvalue weighted by molar-refractivity contribution is -0.153. The van der Waals surface area contributed by atoms with E-state index < -0.39 is 0 Å². The molecule has 2 N–H and O–H groups in total. The molecule has 18 heavy (non-hydrogen) atoms. The normalized spacial score (nSPS) is 27.3. The largest absolute Gasteiger partial charge is 0.374 e. The first-order valence-corrected chi connectivity index (χ1v) is 6.03. The minimum Gasteiger partial charge on any atom is -0.374 e. The van der Waals surface area contributed by atoms with Gasteiger partial charge in [-0.15, -0.1) is 0 Å². The lowest BCUT2D eigenvalue weighted by Gasteiger charge is -2.29. The molecule has 0 aliphatic carbocycles. The van der Waals surface area contributed by atoms with Crippen LogP contribution >= 0.6 is 0 Å². The van der Waals surface area contributed by atoms with E-state index in [4.69, 9.17) is 19.9 Å². The van der Waals surface area contributed by atoms with Gasteiger partial charge in [-0.25, -0.2) is 0 Å². The Morgan fingerprint density at radius 2 is 2.00 bits per heavy atom. The molecule has 0 saturated carbocycles. The van der Waals surface area contributed by atoms with Crippen LogP contribution in [0.3, 0.4) is 0 Å². The zero-order chi connectivity index (χ0) is 12.8. The molecule has 0 spiro atoms. The van der Waals surface area contributed by atoms with Gasteiger partial charge < -0.3 is 19.9 Å². The van der Waals surface area contributed by atoms with Crippen molar-refractivity contribution in [2.45, 2.75) is 25.0 Å². The average molecular weight is 249 g/mol. The highest BCUT2D eigenvalue weighted by molar-refractivity contribution is 5.13. The van der Waals surface area contributed by atoms with Crippen LogP contribution < -0.4 is 5.73 Å². The van der Waals surface area contributed by atoms with E-state index in [-0.39, 0.29) is 18.4 Å². The van der Waals surface area contributed by atoms with E-state index in [2.05, 4.69) is 0 Å². The Morgan fingerprint density at radius 3 is 2.72 bits per heavy atom. The number of benzene rings is 1. The predicted molar refractivity (Wildman–Crippen MR) is 68.9 cm³/mol. The van der Waals surface area contributed by atoms with Gasteiger partial charge in [0.05, 0.1) is 19.3 Å².